The van der Waals surface area contributed by atoms with Crippen molar-refractivity contribution in [3.8, 4) is 0 Å². The van der Waals surface area contributed by atoms with Gasteiger partial charge < -0.3 is 0 Å². The molecule has 0 N–H and O–H groups in total. The normalized spacial score (nSPS) is 14.7. The van der Waals surface area contributed by atoms with Crippen molar-refractivity contribution in [3.05, 3.63) is 38.9 Å². The van der Waals surface area contributed by atoms with Gasteiger partial charge in [-0.05, 0) is 33.9 Å². The molecule has 0 aromatic heterocycles. The minimum Gasteiger partial charge on any atom is -0.258 e. The lowest BCUT2D eigenvalue weighted by atomic mass is 9.74. The lowest BCUT2D eigenvalue weighted by Gasteiger charge is -2.29. The van der Waals surface area contributed by atoms with E-state index >= 15 is 0 Å². The van der Waals surface area contributed by atoms with Crippen LogP contribution in [-0.2, 0) is 16.2 Å². The van der Waals surface area contributed by atoms with Gasteiger partial charge in [0.1, 0.15) is 0 Å². The molecule has 0 fully saturated rings. The molecule has 1 aromatic rings. The average molecular weight is 293 g/mol. The third-order valence-electron chi connectivity index (χ3n) is 3.41. The zero-order chi connectivity index (χ0) is 18.5. The largest absolute Gasteiger partial charge is 0.276 e. The summed E-state index contributed by atoms with van der Waals surface area (Å²) in [5, 5.41) is 11.8. The van der Waals surface area contributed by atoms with Crippen molar-refractivity contribution >= 4 is 5.69 Å². The maximum Gasteiger partial charge on any atom is 0.276 e. The summed E-state index contributed by atoms with van der Waals surface area (Å²) < 4.78 is 17.2. The van der Waals surface area contributed by atoms with Crippen molar-refractivity contribution in [2.45, 2.75) is 78.6 Å². The highest BCUT2D eigenvalue weighted by Crippen LogP contribution is 2.42. The van der Waals surface area contributed by atoms with E-state index in [9.17, 15) is 10.1 Å². The Hall–Kier alpha value is -1.38. The molecule has 0 heterocycles. The van der Waals surface area contributed by atoms with Gasteiger partial charge in [-0.2, -0.15) is 0 Å². The zero-order valence-corrected chi connectivity index (χ0v) is 14.8. The fourth-order valence-corrected chi connectivity index (χ4v) is 2.17. The van der Waals surface area contributed by atoms with E-state index in [-0.39, 0.29) is 17.8 Å². The predicted octanol–water partition coefficient (Wildman–Crippen LogP) is 5.49. The molecule has 0 aliphatic rings. The third kappa shape index (κ3) is 3.84. The van der Waals surface area contributed by atoms with E-state index in [2.05, 4.69) is 0 Å². The molecule has 3 heteroatoms. The number of rotatable bonds is 1. The second-order valence-electron chi connectivity index (χ2n) is 8.73. The molecular formula is C18H29NO2. The van der Waals surface area contributed by atoms with Crippen molar-refractivity contribution < 1.29 is 7.66 Å². The van der Waals surface area contributed by atoms with Gasteiger partial charge in [0.25, 0.3) is 5.69 Å². The maximum absolute atomic E-state index is 11.8. The fourth-order valence-electron chi connectivity index (χ4n) is 2.17. The molecule has 3 nitrogen and oxygen atoms in total. The minimum absolute atomic E-state index is 0.0620. The Bertz CT molecular complexity index is 604. The Morgan fingerprint density at radius 1 is 0.857 bits per heavy atom. The van der Waals surface area contributed by atoms with E-state index in [0.29, 0.717) is 16.7 Å². The van der Waals surface area contributed by atoms with Crippen molar-refractivity contribution in [3.63, 3.8) is 0 Å². The van der Waals surface area contributed by atoms with Crippen molar-refractivity contribution in [1.29, 1.82) is 0 Å². The van der Waals surface area contributed by atoms with E-state index in [1.54, 1.807) is 0 Å². The number of nitro benzene ring substituents is 1. The van der Waals surface area contributed by atoms with Crippen molar-refractivity contribution in [2.24, 2.45) is 0 Å². The second-order valence-corrected chi connectivity index (χ2v) is 8.73. The number of nitro groups is 1. The summed E-state index contributed by atoms with van der Waals surface area (Å²) in [6.45, 7) is 17.2. The van der Waals surface area contributed by atoms with Crippen LogP contribution in [-0.4, -0.2) is 4.92 Å². The third-order valence-corrected chi connectivity index (χ3v) is 3.41. The van der Waals surface area contributed by atoms with Gasteiger partial charge in [-0.1, -0.05) is 62.3 Å². The van der Waals surface area contributed by atoms with Crippen molar-refractivity contribution in [2.75, 3.05) is 0 Å². The first-order chi connectivity index (χ1) is 10.0. The molecule has 0 spiro atoms. The monoisotopic (exact) mass is 293 g/mol. The van der Waals surface area contributed by atoms with E-state index in [1.165, 1.54) is 0 Å². The summed E-state index contributed by atoms with van der Waals surface area (Å²) in [5.74, 6) is 0. The highest BCUT2D eigenvalue weighted by molar-refractivity contribution is 5.56. The van der Waals surface area contributed by atoms with Crippen LogP contribution < -0.4 is 0 Å². The molecule has 0 unspecified atom stereocenters. The fraction of sp³-hybridized carbons (Fsp3) is 0.667. The molecule has 0 aliphatic carbocycles. The lowest BCUT2D eigenvalue weighted by Crippen LogP contribution is -2.23. The van der Waals surface area contributed by atoms with E-state index in [0.717, 1.165) is 0 Å². The van der Waals surface area contributed by atoms with Crippen LogP contribution in [0.1, 0.15) is 81.7 Å². The van der Waals surface area contributed by atoms with Crippen LogP contribution in [0.2, 0.25) is 0 Å². The standard InChI is InChI=1S/C18H29NO2/c1-16(2,3)12-10-13(17(4,5)6)15(19(20)21)14(11-12)18(7,8)9/h10-11H,1-9H3/i10D,11D. The molecule has 118 valence electrons. The topological polar surface area (TPSA) is 43.1 Å². The predicted molar refractivity (Wildman–Crippen MR) is 89.2 cm³/mol. The lowest BCUT2D eigenvalue weighted by molar-refractivity contribution is -0.387. The van der Waals surface area contributed by atoms with Gasteiger partial charge in [0.05, 0.1) is 7.66 Å². The molecular weight excluding hydrogens is 262 g/mol. The quantitative estimate of drug-likeness (QED) is 0.507. The van der Waals surface area contributed by atoms with Gasteiger partial charge in [-0.3, -0.25) is 10.1 Å². The molecule has 0 saturated heterocycles. The van der Waals surface area contributed by atoms with Crippen LogP contribution in [0.3, 0.4) is 0 Å². The Labute approximate surface area is 131 Å². The van der Waals surface area contributed by atoms with Gasteiger partial charge in [-0.15, -0.1) is 0 Å². The van der Waals surface area contributed by atoms with Gasteiger partial charge in [0.15, 0.2) is 0 Å². The van der Waals surface area contributed by atoms with Crippen molar-refractivity contribution in [1.82, 2.24) is 0 Å². The smallest absolute Gasteiger partial charge is 0.258 e. The van der Waals surface area contributed by atoms with E-state index in [1.807, 2.05) is 62.3 Å². The molecule has 0 atom stereocenters. The van der Waals surface area contributed by atoms with Gasteiger partial charge in [0, 0.05) is 11.1 Å². The molecule has 0 amide bonds. The first kappa shape index (κ1) is 14.6. The first-order valence-electron chi connectivity index (χ1n) is 8.34. The molecule has 0 bridgehead atoms. The summed E-state index contributed by atoms with van der Waals surface area (Å²) in [6.07, 6.45) is 0. The first-order valence-corrected chi connectivity index (χ1v) is 7.34. The van der Waals surface area contributed by atoms with Crippen LogP contribution in [0, 0.1) is 10.1 Å². The summed E-state index contributed by atoms with van der Waals surface area (Å²) in [4.78, 5) is 11.4. The van der Waals surface area contributed by atoms with E-state index < -0.39 is 21.2 Å². The average Bonchev–Trinajstić information content (AvgIpc) is 2.21. The Balaban J connectivity index is 4.25. The highest BCUT2D eigenvalue weighted by Gasteiger charge is 2.34. The Morgan fingerprint density at radius 2 is 1.19 bits per heavy atom. The van der Waals surface area contributed by atoms with Gasteiger partial charge in [0.2, 0.25) is 0 Å². The number of hydrogen-bond donors (Lipinski definition) is 0. The summed E-state index contributed by atoms with van der Waals surface area (Å²) in [6, 6.07) is 0.268. The molecule has 1 aromatic carbocycles. The van der Waals surface area contributed by atoms with E-state index in [4.69, 9.17) is 2.74 Å². The Kier molecular flexibility index (Phi) is 3.54. The van der Waals surface area contributed by atoms with Crippen LogP contribution >= 0.6 is 0 Å². The molecule has 21 heavy (non-hydrogen) atoms. The number of hydrogen-bond acceptors (Lipinski definition) is 2. The maximum atomic E-state index is 11.8. The summed E-state index contributed by atoms with van der Waals surface area (Å²) >= 11 is 0. The Morgan fingerprint density at radius 3 is 1.38 bits per heavy atom. The van der Waals surface area contributed by atoms with Crippen LogP contribution in [0.15, 0.2) is 12.1 Å². The molecule has 0 saturated carbocycles. The van der Waals surface area contributed by atoms with Gasteiger partial charge >= 0.3 is 0 Å². The number of nitrogens with zero attached hydrogens (tertiary/aromatic N) is 1. The van der Waals surface area contributed by atoms with Crippen LogP contribution in [0.25, 0.3) is 0 Å². The summed E-state index contributed by atoms with van der Waals surface area (Å²) in [5.41, 5.74) is -0.156. The molecule has 0 radical (unpaired) electrons. The second kappa shape index (κ2) is 5.11. The number of benzene rings is 1. The van der Waals surface area contributed by atoms with Gasteiger partial charge in [-0.25, -0.2) is 0 Å². The highest BCUT2D eigenvalue weighted by atomic mass is 16.6. The zero-order valence-electron chi connectivity index (χ0n) is 16.8. The minimum atomic E-state index is -0.548. The van der Waals surface area contributed by atoms with Crippen LogP contribution in [0.4, 0.5) is 5.69 Å². The summed E-state index contributed by atoms with van der Waals surface area (Å²) in [7, 11) is 0. The molecule has 0 aliphatic heterocycles. The SMILES string of the molecule is [2H]c1c(C(C)(C)C)c([2H])c(C(C)(C)C)c([N+](=O)[O-])c1C(C)(C)C. The van der Waals surface area contributed by atoms with Crippen LogP contribution in [0.5, 0.6) is 0 Å². The molecule has 1 rings (SSSR count).